The highest BCUT2D eigenvalue weighted by atomic mass is 16.5. The maximum absolute atomic E-state index is 11.4. The molecule has 1 saturated carbocycles. The SMILES string of the molecule is COC(=O)C(C)=CCN(CCC(C)C)C1CCCC1. The predicted molar refractivity (Wildman–Crippen MR) is 79.1 cm³/mol. The van der Waals surface area contributed by atoms with E-state index in [4.69, 9.17) is 4.74 Å². The van der Waals surface area contributed by atoms with E-state index in [1.54, 1.807) is 0 Å². The van der Waals surface area contributed by atoms with E-state index in [1.807, 2.05) is 13.0 Å². The highest BCUT2D eigenvalue weighted by Gasteiger charge is 2.21. The molecule has 19 heavy (non-hydrogen) atoms. The summed E-state index contributed by atoms with van der Waals surface area (Å²) in [4.78, 5) is 13.9. The lowest BCUT2D eigenvalue weighted by molar-refractivity contribution is -0.136. The molecular weight excluding hydrogens is 238 g/mol. The van der Waals surface area contributed by atoms with Gasteiger partial charge in [0.05, 0.1) is 7.11 Å². The molecule has 1 rings (SSSR count). The average molecular weight is 267 g/mol. The van der Waals surface area contributed by atoms with Crippen molar-refractivity contribution in [2.45, 2.75) is 58.9 Å². The van der Waals surface area contributed by atoms with Crippen molar-refractivity contribution in [3.8, 4) is 0 Å². The molecule has 0 spiro atoms. The Morgan fingerprint density at radius 3 is 2.53 bits per heavy atom. The van der Waals surface area contributed by atoms with Crippen molar-refractivity contribution < 1.29 is 9.53 Å². The summed E-state index contributed by atoms with van der Waals surface area (Å²) in [5.41, 5.74) is 0.718. The Morgan fingerprint density at radius 1 is 1.37 bits per heavy atom. The van der Waals surface area contributed by atoms with Crippen LogP contribution in [0.5, 0.6) is 0 Å². The number of methoxy groups -OCH3 is 1. The summed E-state index contributed by atoms with van der Waals surface area (Å²) in [7, 11) is 1.44. The number of carbonyl (C=O) groups is 1. The minimum Gasteiger partial charge on any atom is -0.466 e. The molecule has 0 radical (unpaired) electrons. The van der Waals surface area contributed by atoms with Crippen LogP contribution in [0.25, 0.3) is 0 Å². The summed E-state index contributed by atoms with van der Waals surface area (Å²) >= 11 is 0. The second kappa shape index (κ2) is 8.36. The second-order valence-electron chi connectivity index (χ2n) is 5.99. The molecule has 3 heteroatoms. The van der Waals surface area contributed by atoms with Crippen LogP contribution in [0.1, 0.15) is 52.9 Å². The Kier molecular flexibility index (Phi) is 7.14. The summed E-state index contributed by atoms with van der Waals surface area (Å²) < 4.78 is 4.74. The third kappa shape index (κ3) is 5.77. The van der Waals surface area contributed by atoms with Crippen LogP contribution in [0, 0.1) is 5.92 Å². The van der Waals surface area contributed by atoms with Crippen LogP contribution < -0.4 is 0 Å². The van der Waals surface area contributed by atoms with Gasteiger partial charge in [-0.3, -0.25) is 4.90 Å². The van der Waals surface area contributed by atoms with Gasteiger partial charge in [-0.15, -0.1) is 0 Å². The van der Waals surface area contributed by atoms with Gasteiger partial charge in [0, 0.05) is 18.2 Å². The Morgan fingerprint density at radius 2 is 2.00 bits per heavy atom. The van der Waals surface area contributed by atoms with Crippen LogP contribution in [0.3, 0.4) is 0 Å². The molecule has 0 heterocycles. The quantitative estimate of drug-likeness (QED) is 0.523. The molecule has 1 fully saturated rings. The van der Waals surface area contributed by atoms with E-state index >= 15 is 0 Å². The summed E-state index contributed by atoms with van der Waals surface area (Å²) in [6.45, 7) is 8.37. The standard InChI is InChI=1S/C16H29NO2/c1-13(2)9-11-17(15-7-5-6-8-15)12-10-14(3)16(18)19-4/h10,13,15H,5-9,11-12H2,1-4H3. The van der Waals surface area contributed by atoms with Gasteiger partial charge in [-0.1, -0.05) is 32.8 Å². The molecule has 0 aliphatic heterocycles. The first-order valence-corrected chi connectivity index (χ1v) is 7.53. The van der Waals surface area contributed by atoms with Gasteiger partial charge in [-0.2, -0.15) is 0 Å². The third-order valence-electron chi connectivity index (χ3n) is 3.97. The van der Waals surface area contributed by atoms with Crippen LogP contribution in [0.2, 0.25) is 0 Å². The number of ether oxygens (including phenoxy) is 1. The largest absolute Gasteiger partial charge is 0.466 e. The normalized spacial score (nSPS) is 17.5. The van der Waals surface area contributed by atoms with E-state index in [1.165, 1.54) is 39.2 Å². The monoisotopic (exact) mass is 267 g/mol. The molecular formula is C16H29NO2. The van der Waals surface area contributed by atoms with E-state index < -0.39 is 0 Å². The van der Waals surface area contributed by atoms with E-state index in [0.29, 0.717) is 6.04 Å². The fourth-order valence-corrected chi connectivity index (χ4v) is 2.61. The van der Waals surface area contributed by atoms with Gasteiger partial charge in [0.1, 0.15) is 0 Å². The van der Waals surface area contributed by atoms with Crippen molar-refractivity contribution in [3.63, 3.8) is 0 Å². The molecule has 0 unspecified atom stereocenters. The van der Waals surface area contributed by atoms with Gasteiger partial charge < -0.3 is 4.74 Å². The maximum atomic E-state index is 11.4. The first-order chi connectivity index (χ1) is 9.04. The Bertz CT molecular complexity index is 304. The van der Waals surface area contributed by atoms with Crippen LogP contribution in [-0.2, 0) is 9.53 Å². The van der Waals surface area contributed by atoms with Gasteiger partial charge in [0.2, 0.25) is 0 Å². The third-order valence-corrected chi connectivity index (χ3v) is 3.97. The fraction of sp³-hybridized carbons (Fsp3) is 0.812. The minimum atomic E-state index is -0.213. The molecule has 3 nitrogen and oxygen atoms in total. The number of nitrogens with zero attached hydrogens (tertiary/aromatic N) is 1. The van der Waals surface area contributed by atoms with E-state index in [2.05, 4.69) is 18.7 Å². The van der Waals surface area contributed by atoms with Gasteiger partial charge in [-0.05, 0) is 38.6 Å². The first kappa shape index (κ1) is 16.2. The van der Waals surface area contributed by atoms with Crippen LogP contribution >= 0.6 is 0 Å². The molecule has 1 aliphatic rings. The van der Waals surface area contributed by atoms with Crippen LogP contribution in [-0.4, -0.2) is 37.1 Å². The zero-order valence-electron chi connectivity index (χ0n) is 12.9. The Hall–Kier alpha value is -0.830. The first-order valence-electron chi connectivity index (χ1n) is 7.53. The van der Waals surface area contributed by atoms with E-state index in [0.717, 1.165) is 24.6 Å². The van der Waals surface area contributed by atoms with Crippen LogP contribution in [0.15, 0.2) is 11.6 Å². The smallest absolute Gasteiger partial charge is 0.333 e. The summed E-state index contributed by atoms with van der Waals surface area (Å²) in [6.07, 6.45) is 8.56. The van der Waals surface area contributed by atoms with Gasteiger partial charge >= 0.3 is 5.97 Å². The van der Waals surface area contributed by atoms with Crippen molar-refractivity contribution in [2.24, 2.45) is 5.92 Å². The van der Waals surface area contributed by atoms with Crippen LogP contribution in [0.4, 0.5) is 0 Å². The van der Waals surface area contributed by atoms with E-state index in [-0.39, 0.29) is 5.97 Å². The number of hydrogen-bond donors (Lipinski definition) is 0. The molecule has 0 amide bonds. The zero-order valence-corrected chi connectivity index (χ0v) is 12.9. The average Bonchev–Trinajstić information content (AvgIpc) is 2.91. The van der Waals surface area contributed by atoms with Crippen molar-refractivity contribution in [1.82, 2.24) is 4.90 Å². The van der Waals surface area contributed by atoms with Crippen molar-refractivity contribution in [2.75, 3.05) is 20.2 Å². The lowest BCUT2D eigenvalue weighted by atomic mass is 10.1. The van der Waals surface area contributed by atoms with Gasteiger partial charge in [0.15, 0.2) is 0 Å². The lowest BCUT2D eigenvalue weighted by Crippen LogP contribution is -2.35. The number of hydrogen-bond acceptors (Lipinski definition) is 3. The number of esters is 1. The highest BCUT2D eigenvalue weighted by Crippen LogP contribution is 2.24. The zero-order chi connectivity index (χ0) is 14.3. The number of rotatable bonds is 7. The lowest BCUT2D eigenvalue weighted by Gasteiger charge is -2.28. The molecule has 0 aromatic carbocycles. The minimum absolute atomic E-state index is 0.213. The van der Waals surface area contributed by atoms with Gasteiger partial charge in [0.25, 0.3) is 0 Å². The van der Waals surface area contributed by atoms with E-state index in [9.17, 15) is 4.79 Å². The summed E-state index contributed by atoms with van der Waals surface area (Å²) in [5, 5.41) is 0. The van der Waals surface area contributed by atoms with Crippen molar-refractivity contribution in [3.05, 3.63) is 11.6 Å². The molecule has 0 atom stereocenters. The highest BCUT2D eigenvalue weighted by molar-refractivity contribution is 5.87. The number of carbonyl (C=O) groups excluding carboxylic acids is 1. The molecule has 0 aromatic rings. The molecule has 0 saturated heterocycles. The topological polar surface area (TPSA) is 29.5 Å². The Labute approximate surface area is 118 Å². The van der Waals surface area contributed by atoms with Gasteiger partial charge in [-0.25, -0.2) is 4.79 Å². The van der Waals surface area contributed by atoms with Crippen molar-refractivity contribution >= 4 is 5.97 Å². The molecule has 0 aromatic heterocycles. The fourth-order valence-electron chi connectivity index (χ4n) is 2.61. The molecule has 110 valence electrons. The predicted octanol–water partition coefficient (Wildman–Crippen LogP) is 3.40. The molecule has 1 aliphatic carbocycles. The molecule has 0 bridgehead atoms. The second-order valence-corrected chi connectivity index (χ2v) is 5.99. The Balaban J connectivity index is 2.55. The summed E-state index contributed by atoms with van der Waals surface area (Å²) in [6, 6.07) is 0.709. The summed E-state index contributed by atoms with van der Waals surface area (Å²) in [5.74, 6) is 0.518. The van der Waals surface area contributed by atoms with Crippen molar-refractivity contribution in [1.29, 1.82) is 0 Å². The molecule has 0 N–H and O–H groups in total. The maximum Gasteiger partial charge on any atom is 0.333 e.